The number of aryl methyl sites for hydroxylation is 4. The number of benzene rings is 1. The van der Waals surface area contributed by atoms with Gasteiger partial charge in [-0.2, -0.15) is 5.10 Å². The largest absolute Gasteiger partial charge is 0.469 e. The standard InChI is InChI=1S/C22H26ClN3O4.C2H6/c1-7-16-18(12(2)26(4)24-16)19-15(23)10-8-13-14(9-11-17(27)29-5)21(22(28)30-6)25(3)20(13)19;1-2/h8,10H,7,9,11H2,1-6H3;1-2H3. The minimum atomic E-state index is -0.464. The topological polar surface area (TPSA) is 75.3 Å². The van der Waals surface area contributed by atoms with Gasteiger partial charge < -0.3 is 14.0 Å². The second-order valence-electron chi connectivity index (χ2n) is 7.16. The lowest BCUT2D eigenvalue weighted by Crippen LogP contribution is -2.11. The van der Waals surface area contributed by atoms with E-state index in [1.165, 1.54) is 14.2 Å². The predicted molar refractivity (Wildman–Crippen MR) is 127 cm³/mol. The zero-order valence-corrected chi connectivity index (χ0v) is 20.9. The molecule has 0 saturated carbocycles. The molecule has 0 spiro atoms. The zero-order chi connectivity index (χ0) is 24.2. The van der Waals surface area contributed by atoms with E-state index in [9.17, 15) is 9.59 Å². The van der Waals surface area contributed by atoms with Crippen LogP contribution in [0.2, 0.25) is 5.02 Å². The van der Waals surface area contributed by atoms with Crippen molar-refractivity contribution in [3.8, 4) is 11.1 Å². The van der Waals surface area contributed by atoms with Crippen molar-refractivity contribution in [2.75, 3.05) is 14.2 Å². The molecule has 0 radical (unpaired) electrons. The molecule has 2 heterocycles. The Labute approximate surface area is 194 Å². The number of rotatable bonds is 6. The van der Waals surface area contributed by atoms with Crippen LogP contribution in [0.25, 0.3) is 22.0 Å². The summed E-state index contributed by atoms with van der Waals surface area (Å²) in [6.07, 6.45) is 1.25. The predicted octanol–water partition coefficient (Wildman–Crippen LogP) is 5.02. The molecule has 174 valence electrons. The number of esters is 2. The van der Waals surface area contributed by atoms with Gasteiger partial charge in [0.25, 0.3) is 0 Å². The molecule has 32 heavy (non-hydrogen) atoms. The number of hydrogen-bond acceptors (Lipinski definition) is 5. The van der Waals surface area contributed by atoms with Gasteiger partial charge in [0.05, 0.1) is 30.5 Å². The lowest BCUT2D eigenvalue weighted by atomic mass is 9.97. The molecular weight excluding hydrogens is 430 g/mol. The summed E-state index contributed by atoms with van der Waals surface area (Å²) in [6, 6.07) is 3.71. The average Bonchev–Trinajstić information content (AvgIpc) is 3.25. The molecule has 3 rings (SSSR count). The molecule has 0 atom stereocenters. The third kappa shape index (κ3) is 4.39. The summed E-state index contributed by atoms with van der Waals surface area (Å²) in [5, 5.41) is 6.06. The van der Waals surface area contributed by atoms with Crippen molar-refractivity contribution in [1.29, 1.82) is 0 Å². The van der Waals surface area contributed by atoms with Gasteiger partial charge in [0.15, 0.2) is 0 Å². The monoisotopic (exact) mass is 461 g/mol. The molecular formula is C24H32ClN3O4. The Kier molecular flexibility index (Phi) is 8.50. The van der Waals surface area contributed by atoms with Crippen molar-refractivity contribution in [3.05, 3.63) is 39.8 Å². The molecule has 0 saturated heterocycles. The molecule has 0 unspecified atom stereocenters. The number of methoxy groups -OCH3 is 2. The molecule has 8 heteroatoms. The fourth-order valence-corrected chi connectivity index (χ4v) is 4.27. The maximum Gasteiger partial charge on any atom is 0.354 e. The molecule has 1 aromatic carbocycles. The van der Waals surface area contributed by atoms with Crippen molar-refractivity contribution < 1.29 is 19.1 Å². The van der Waals surface area contributed by atoms with Crippen molar-refractivity contribution in [2.45, 2.75) is 47.0 Å². The van der Waals surface area contributed by atoms with Gasteiger partial charge in [-0.05, 0) is 31.4 Å². The molecule has 0 bridgehead atoms. The quantitative estimate of drug-likeness (QED) is 0.481. The van der Waals surface area contributed by atoms with Crippen LogP contribution in [0.5, 0.6) is 0 Å². The highest BCUT2D eigenvalue weighted by atomic mass is 35.5. The van der Waals surface area contributed by atoms with Crippen LogP contribution in [0.3, 0.4) is 0 Å². The summed E-state index contributed by atoms with van der Waals surface area (Å²) in [5.41, 5.74) is 5.66. The second kappa shape index (κ2) is 10.7. The SMILES string of the molecule is CC.CCc1nn(C)c(C)c1-c1c(Cl)ccc2c(CCC(=O)OC)c(C(=O)OC)n(C)c12. The van der Waals surface area contributed by atoms with Gasteiger partial charge >= 0.3 is 11.9 Å². The number of carbonyl (C=O) groups is 2. The molecule has 0 amide bonds. The van der Waals surface area contributed by atoms with Gasteiger partial charge in [-0.25, -0.2) is 4.79 Å². The number of hydrogen-bond donors (Lipinski definition) is 0. The van der Waals surface area contributed by atoms with Crippen LogP contribution in [0, 0.1) is 6.92 Å². The Morgan fingerprint density at radius 3 is 2.31 bits per heavy atom. The maximum atomic E-state index is 12.7. The number of fused-ring (bicyclic) bond motifs is 1. The van der Waals surface area contributed by atoms with E-state index in [1.54, 1.807) is 4.57 Å². The normalized spacial score (nSPS) is 10.7. The highest BCUT2D eigenvalue weighted by Gasteiger charge is 2.27. The smallest absolute Gasteiger partial charge is 0.354 e. The van der Waals surface area contributed by atoms with Crippen LogP contribution in [0.4, 0.5) is 0 Å². The zero-order valence-electron chi connectivity index (χ0n) is 20.1. The molecule has 0 N–H and O–H groups in total. The Morgan fingerprint density at radius 2 is 1.75 bits per heavy atom. The first kappa shape index (κ1) is 25.5. The minimum Gasteiger partial charge on any atom is -0.469 e. The summed E-state index contributed by atoms with van der Waals surface area (Å²) >= 11 is 6.70. The number of nitrogens with zero attached hydrogens (tertiary/aromatic N) is 3. The van der Waals surface area contributed by atoms with Crippen LogP contribution < -0.4 is 0 Å². The lowest BCUT2D eigenvalue weighted by Gasteiger charge is -2.11. The third-order valence-corrected chi connectivity index (χ3v) is 5.90. The summed E-state index contributed by atoms with van der Waals surface area (Å²) in [4.78, 5) is 24.4. The summed E-state index contributed by atoms with van der Waals surface area (Å²) in [7, 11) is 6.41. The average molecular weight is 462 g/mol. The Balaban J connectivity index is 0.00000176. The first-order valence-electron chi connectivity index (χ1n) is 10.7. The lowest BCUT2D eigenvalue weighted by molar-refractivity contribution is -0.140. The molecule has 7 nitrogen and oxygen atoms in total. The van der Waals surface area contributed by atoms with Gasteiger partial charge in [-0.3, -0.25) is 9.48 Å². The summed E-state index contributed by atoms with van der Waals surface area (Å²) < 4.78 is 13.5. The van der Waals surface area contributed by atoms with E-state index in [0.717, 1.165) is 45.4 Å². The first-order valence-corrected chi connectivity index (χ1v) is 11.1. The van der Waals surface area contributed by atoms with E-state index in [-0.39, 0.29) is 12.4 Å². The highest BCUT2D eigenvalue weighted by molar-refractivity contribution is 6.35. The van der Waals surface area contributed by atoms with Gasteiger partial charge in [-0.1, -0.05) is 38.4 Å². The van der Waals surface area contributed by atoms with Crippen LogP contribution in [0.15, 0.2) is 12.1 Å². The number of halogens is 1. The van der Waals surface area contributed by atoms with Crippen LogP contribution in [-0.4, -0.2) is 40.5 Å². The Hall–Kier alpha value is -2.80. The van der Waals surface area contributed by atoms with E-state index in [1.807, 2.05) is 58.6 Å². The Bertz CT molecular complexity index is 1140. The van der Waals surface area contributed by atoms with Gasteiger partial charge in [0.1, 0.15) is 5.69 Å². The number of carbonyl (C=O) groups excluding carboxylic acids is 2. The summed E-state index contributed by atoms with van der Waals surface area (Å²) in [5.74, 6) is -0.803. The molecule has 0 fully saturated rings. The van der Waals surface area contributed by atoms with Crippen molar-refractivity contribution in [3.63, 3.8) is 0 Å². The highest BCUT2D eigenvalue weighted by Crippen LogP contribution is 2.41. The van der Waals surface area contributed by atoms with Gasteiger partial charge in [-0.15, -0.1) is 0 Å². The van der Waals surface area contributed by atoms with Crippen molar-refractivity contribution in [1.82, 2.24) is 14.3 Å². The van der Waals surface area contributed by atoms with E-state index in [2.05, 4.69) is 5.10 Å². The number of aromatic nitrogens is 3. The fraction of sp³-hybridized carbons (Fsp3) is 0.458. The summed E-state index contributed by atoms with van der Waals surface area (Å²) in [6.45, 7) is 8.05. The second-order valence-corrected chi connectivity index (χ2v) is 7.56. The van der Waals surface area contributed by atoms with Crippen LogP contribution in [0.1, 0.15) is 54.6 Å². The van der Waals surface area contributed by atoms with Gasteiger partial charge in [0, 0.05) is 42.7 Å². The molecule has 0 aliphatic heterocycles. The molecule has 0 aliphatic rings. The minimum absolute atomic E-state index is 0.156. The van der Waals surface area contributed by atoms with E-state index in [4.69, 9.17) is 21.1 Å². The fourth-order valence-electron chi connectivity index (χ4n) is 4.03. The van der Waals surface area contributed by atoms with Crippen molar-refractivity contribution >= 4 is 34.4 Å². The van der Waals surface area contributed by atoms with E-state index < -0.39 is 5.97 Å². The van der Waals surface area contributed by atoms with Crippen molar-refractivity contribution in [2.24, 2.45) is 14.1 Å². The first-order chi connectivity index (χ1) is 15.3. The molecule has 0 aliphatic carbocycles. The Morgan fingerprint density at radius 1 is 1.09 bits per heavy atom. The van der Waals surface area contributed by atoms with E-state index in [0.29, 0.717) is 17.1 Å². The molecule has 2 aromatic heterocycles. The van der Waals surface area contributed by atoms with Gasteiger partial charge in [0.2, 0.25) is 0 Å². The molecule has 3 aromatic rings. The number of ether oxygens (including phenoxy) is 2. The van der Waals surface area contributed by atoms with E-state index >= 15 is 0 Å². The maximum absolute atomic E-state index is 12.7. The van der Waals surface area contributed by atoms with Crippen LogP contribution in [-0.2, 0) is 41.2 Å². The third-order valence-electron chi connectivity index (χ3n) is 5.59. The van der Waals surface area contributed by atoms with Crippen LogP contribution >= 0.6 is 11.6 Å².